The van der Waals surface area contributed by atoms with Crippen molar-refractivity contribution in [2.45, 2.75) is 53.0 Å². The summed E-state index contributed by atoms with van der Waals surface area (Å²) >= 11 is 12.3. The van der Waals surface area contributed by atoms with Gasteiger partial charge in [-0.3, -0.25) is 19.1 Å². The third kappa shape index (κ3) is 5.67. The van der Waals surface area contributed by atoms with Crippen molar-refractivity contribution >= 4 is 40.6 Å². The van der Waals surface area contributed by atoms with Gasteiger partial charge in [0.05, 0.1) is 10.0 Å². The van der Waals surface area contributed by atoms with Gasteiger partial charge in [0.15, 0.2) is 5.69 Å². The second-order valence-electron chi connectivity index (χ2n) is 7.61. The molecule has 0 bridgehead atoms. The van der Waals surface area contributed by atoms with Crippen LogP contribution in [0.1, 0.15) is 45.6 Å². The Hall–Kier alpha value is -2.25. The van der Waals surface area contributed by atoms with E-state index in [-0.39, 0.29) is 29.8 Å². The van der Waals surface area contributed by atoms with Crippen LogP contribution >= 0.6 is 23.2 Å². The predicted octanol–water partition coefficient (Wildman–Crippen LogP) is 3.85. The van der Waals surface area contributed by atoms with Gasteiger partial charge in [-0.2, -0.15) is 0 Å². The molecule has 164 valence electrons. The van der Waals surface area contributed by atoms with Gasteiger partial charge >= 0.3 is 5.69 Å². The highest BCUT2D eigenvalue weighted by Crippen LogP contribution is 2.27. The number of halogens is 2. The van der Waals surface area contributed by atoms with Crippen LogP contribution in [0, 0.1) is 5.92 Å². The van der Waals surface area contributed by atoms with Crippen molar-refractivity contribution in [2.75, 3.05) is 17.2 Å². The third-order valence-corrected chi connectivity index (χ3v) is 5.57. The van der Waals surface area contributed by atoms with E-state index in [1.165, 1.54) is 9.47 Å². The minimum atomic E-state index is -0.667. The average Bonchev–Trinajstić information content (AvgIpc) is 2.67. The lowest BCUT2D eigenvalue weighted by Gasteiger charge is -2.26. The highest BCUT2D eigenvalue weighted by atomic mass is 35.5. The minimum Gasteiger partial charge on any atom is -0.383 e. The fourth-order valence-corrected chi connectivity index (χ4v) is 3.59. The SMILES string of the molecule is CCCCn1c(N)c(N(CC(C)C)C(=O)CCc2cccc(Cl)c2Cl)c(=O)[nH]c1=O. The van der Waals surface area contributed by atoms with Crippen molar-refractivity contribution in [3.8, 4) is 0 Å². The first-order valence-electron chi connectivity index (χ1n) is 10.0. The van der Waals surface area contributed by atoms with Gasteiger partial charge in [-0.1, -0.05) is 62.5 Å². The molecule has 0 unspecified atom stereocenters. The topological polar surface area (TPSA) is 101 Å². The Balaban J connectivity index is 2.39. The largest absolute Gasteiger partial charge is 0.383 e. The molecular formula is C21H28Cl2N4O3. The molecule has 1 aromatic carbocycles. The number of aryl methyl sites for hydroxylation is 1. The smallest absolute Gasteiger partial charge is 0.330 e. The van der Waals surface area contributed by atoms with Crippen LogP contribution < -0.4 is 21.9 Å². The van der Waals surface area contributed by atoms with E-state index in [9.17, 15) is 14.4 Å². The molecule has 1 amide bonds. The summed E-state index contributed by atoms with van der Waals surface area (Å²) in [6.07, 6.45) is 2.05. The molecule has 2 aromatic rings. The van der Waals surface area contributed by atoms with E-state index in [1.54, 1.807) is 18.2 Å². The number of unbranched alkanes of at least 4 members (excludes halogenated alkanes) is 1. The lowest BCUT2D eigenvalue weighted by molar-refractivity contribution is -0.118. The van der Waals surface area contributed by atoms with Crippen LogP contribution in [0.5, 0.6) is 0 Å². The summed E-state index contributed by atoms with van der Waals surface area (Å²) in [6.45, 7) is 6.52. The number of benzene rings is 1. The van der Waals surface area contributed by atoms with Crippen LogP contribution in [0.2, 0.25) is 10.0 Å². The number of hydrogen-bond donors (Lipinski definition) is 2. The maximum Gasteiger partial charge on any atom is 0.330 e. The fourth-order valence-electron chi connectivity index (χ4n) is 3.18. The zero-order valence-electron chi connectivity index (χ0n) is 17.5. The van der Waals surface area contributed by atoms with Gasteiger partial charge in [-0.05, 0) is 30.4 Å². The van der Waals surface area contributed by atoms with Crippen LogP contribution in [0.15, 0.2) is 27.8 Å². The zero-order chi connectivity index (χ0) is 22.4. The van der Waals surface area contributed by atoms with Crippen LogP contribution in [0.25, 0.3) is 0 Å². The molecule has 0 saturated heterocycles. The second-order valence-corrected chi connectivity index (χ2v) is 8.39. The number of nitrogens with zero attached hydrogens (tertiary/aromatic N) is 2. The van der Waals surface area contributed by atoms with E-state index in [2.05, 4.69) is 4.98 Å². The molecule has 0 aliphatic heterocycles. The number of carbonyl (C=O) groups excluding carboxylic acids is 1. The van der Waals surface area contributed by atoms with Crippen LogP contribution in [0.4, 0.5) is 11.5 Å². The van der Waals surface area contributed by atoms with Gasteiger partial charge in [0.2, 0.25) is 5.91 Å². The molecule has 2 rings (SSSR count). The number of nitrogens with two attached hydrogens (primary N) is 1. The molecule has 30 heavy (non-hydrogen) atoms. The van der Waals surface area contributed by atoms with E-state index >= 15 is 0 Å². The number of hydrogen-bond acceptors (Lipinski definition) is 4. The number of carbonyl (C=O) groups is 1. The van der Waals surface area contributed by atoms with Gasteiger partial charge in [0.25, 0.3) is 5.56 Å². The summed E-state index contributed by atoms with van der Waals surface area (Å²) in [7, 11) is 0. The van der Waals surface area contributed by atoms with E-state index in [0.29, 0.717) is 29.6 Å². The number of rotatable bonds is 9. The van der Waals surface area contributed by atoms with Gasteiger partial charge < -0.3 is 10.6 Å². The monoisotopic (exact) mass is 454 g/mol. The Morgan fingerprint density at radius 1 is 1.27 bits per heavy atom. The highest BCUT2D eigenvalue weighted by Gasteiger charge is 2.25. The molecule has 9 heteroatoms. The number of nitrogens with one attached hydrogen (secondary N) is 1. The van der Waals surface area contributed by atoms with Crippen molar-refractivity contribution in [1.29, 1.82) is 0 Å². The number of aromatic amines is 1. The molecule has 7 nitrogen and oxygen atoms in total. The normalized spacial score (nSPS) is 11.1. The van der Waals surface area contributed by atoms with E-state index in [0.717, 1.165) is 18.4 Å². The zero-order valence-corrected chi connectivity index (χ0v) is 19.0. The van der Waals surface area contributed by atoms with E-state index in [1.807, 2.05) is 20.8 Å². The maximum atomic E-state index is 13.1. The second kappa shape index (κ2) is 10.7. The lowest BCUT2D eigenvalue weighted by Crippen LogP contribution is -2.42. The minimum absolute atomic E-state index is 0.00647. The Labute approximate surface area is 185 Å². The van der Waals surface area contributed by atoms with Crippen LogP contribution in [-0.4, -0.2) is 22.0 Å². The first-order chi connectivity index (χ1) is 14.2. The van der Waals surface area contributed by atoms with E-state index < -0.39 is 11.2 Å². The predicted molar refractivity (Wildman–Crippen MR) is 123 cm³/mol. The summed E-state index contributed by atoms with van der Waals surface area (Å²) < 4.78 is 1.31. The summed E-state index contributed by atoms with van der Waals surface area (Å²) in [4.78, 5) is 41.6. The molecule has 0 aliphatic rings. The number of H-pyrrole nitrogens is 1. The van der Waals surface area contributed by atoms with Crippen molar-refractivity contribution in [1.82, 2.24) is 9.55 Å². The van der Waals surface area contributed by atoms with Crippen molar-refractivity contribution in [3.05, 3.63) is 54.6 Å². The molecule has 0 radical (unpaired) electrons. The van der Waals surface area contributed by atoms with Gasteiger partial charge in [-0.15, -0.1) is 0 Å². The third-order valence-electron chi connectivity index (χ3n) is 4.71. The number of amides is 1. The number of nitrogen functional groups attached to an aromatic ring is 1. The Morgan fingerprint density at radius 3 is 2.60 bits per heavy atom. The molecule has 0 saturated carbocycles. The molecule has 1 aromatic heterocycles. The summed E-state index contributed by atoms with van der Waals surface area (Å²) in [5, 5.41) is 0.831. The van der Waals surface area contributed by atoms with Crippen LogP contribution in [0.3, 0.4) is 0 Å². The summed E-state index contributed by atoms with van der Waals surface area (Å²) in [5.41, 5.74) is 5.73. The quantitative estimate of drug-likeness (QED) is 0.600. The molecule has 1 heterocycles. The number of aromatic nitrogens is 2. The Kier molecular flexibility index (Phi) is 8.55. The molecule has 3 N–H and O–H groups in total. The van der Waals surface area contributed by atoms with Gasteiger partial charge in [-0.25, -0.2) is 4.79 Å². The van der Waals surface area contributed by atoms with Crippen molar-refractivity contribution in [2.24, 2.45) is 5.92 Å². The molecule has 0 fully saturated rings. The summed E-state index contributed by atoms with van der Waals surface area (Å²) in [6, 6.07) is 5.26. The lowest BCUT2D eigenvalue weighted by atomic mass is 10.1. The van der Waals surface area contributed by atoms with Crippen molar-refractivity contribution in [3.63, 3.8) is 0 Å². The fraction of sp³-hybridized carbons (Fsp3) is 0.476. The summed E-state index contributed by atoms with van der Waals surface area (Å²) in [5.74, 6) is -0.192. The van der Waals surface area contributed by atoms with Crippen molar-refractivity contribution < 1.29 is 4.79 Å². The molecule has 0 spiro atoms. The molecule has 0 aliphatic carbocycles. The number of anilines is 2. The first-order valence-corrected chi connectivity index (χ1v) is 10.8. The first kappa shape index (κ1) is 24.0. The van der Waals surface area contributed by atoms with Gasteiger partial charge in [0.1, 0.15) is 5.82 Å². The standard InChI is InChI=1S/C21H28Cl2N4O3/c1-4-5-11-26-19(24)18(20(29)25-21(26)30)27(12-13(2)3)16(28)10-9-14-7-6-8-15(22)17(14)23/h6-8,13H,4-5,9-12,24H2,1-3H3,(H,25,29,30). The molecular weight excluding hydrogens is 427 g/mol. The van der Waals surface area contributed by atoms with Gasteiger partial charge in [0, 0.05) is 19.5 Å². The average molecular weight is 455 g/mol. The highest BCUT2D eigenvalue weighted by molar-refractivity contribution is 6.42. The molecule has 0 atom stereocenters. The van der Waals surface area contributed by atoms with Crippen LogP contribution in [-0.2, 0) is 17.8 Å². The maximum absolute atomic E-state index is 13.1. The Morgan fingerprint density at radius 2 is 1.97 bits per heavy atom. The van der Waals surface area contributed by atoms with E-state index in [4.69, 9.17) is 28.9 Å². The Bertz CT molecular complexity index is 1010.